The van der Waals surface area contributed by atoms with E-state index in [0.29, 0.717) is 0 Å². The van der Waals surface area contributed by atoms with Gasteiger partial charge < -0.3 is 14.8 Å². The molecule has 2 rings (SSSR count). The van der Waals surface area contributed by atoms with Crippen LogP contribution in [-0.2, 0) is 6.18 Å². The van der Waals surface area contributed by atoms with Gasteiger partial charge in [0.05, 0.1) is 19.9 Å². The van der Waals surface area contributed by atoms with Gasteiger partial charge in [0.1, 0.15) is 5.75 Å². The number of alkyl halides is 3. The molecule has 24 heavy (non-hydrogen) atoms. The minimum absolute atomic E-state index is 0.0474. The summed E-state index contributed by atoms with van der Waals surface area (Å²) < 4.78 is 60.7. The van der Waals surface area contributed by atoms with Gasteiger partial charge in [0.25, 0.3) is 0 Å². The van der Waals surface area contributed by atoms with Crippen LogP contribution in [0.5, 0.6) is 11.5 Å². The van der Waals surface area contributed by atoms with Gasteiger partial charge >= 0.3 is 12.2 Å². The Labute approximate surface area is 136 Å². The van der Waals surface area contributed by atoms with Crippen molar-refractivity contribution in [1.82, 2.24) is 10.2 Å². The second-order valence-electron chi connectivity index (χ2n) is 4.18. The lowest BCUT2D eigenvalue weighted by Gasteiger charge is -2.12. The summed E-state index contributed by atoms with van der Waals surface area (Å²) in [5, 5.41) is 8.86. The summed E-state index contributed by atoms with van der Waals surface area (Å²) in [6.07, 6.45) is -4.66. The molecule has 2 N–H and O–H groups in total. The van der Waals surface area contributed by atoms with Gasteiger partial charge in [-0.3, -0.25) is 5.32 Å². The van der Waals surface area contributed by atoms with Gasteiger partial charge in [-0.05, 0) is 0 Å². The molecule has 0 unspecified atom stereocenters. The molecule has 2 aromatic rings. The summed E-state index contributed by atoms with van der Waals surface area (Å²) in [6, 6.07) is 1.21. The number of hydrogen-bond donors (Lipinski definition) is 2. The second-order valence-corrected chi connectivity index (χ2v) is 5.15. The van der Waals surface area contributed by atoms with Crippen LogP contribution in [0.4, 0.5) is 33.2 Å². The summed E-state index contributed by atoms with van der Waals surface area (Å²) in [5.41, 5.74) is -0.0474. The Kier molecular flexibility index (Phi) is 5.07. The Morgan fingerprint density at radius 1 is 1.12 bits per heavy atom. The normalized spacial score (nSPS) is 11.1. The van der Waals surface area contributed by atoms with E-state index < -0.39 is 23.0 Å². The van der Waals surface area contributed by atoms with Gasteiger partial charge in [0, 0.05) is 12.1 Å². The number of nitrogens with zero attached hydrogens (tertiary/aromatic N) is 2. The van der Waals surface area contributed by atoms with Gasteiger partial charge in [0.2, 0.25) is 10.1 Å². The van der Waals surface area contributed by atoms with E-state index in [-0.39, 0.29) is 33.7 Å². The highest BCUT2D eigenvalue weighted by Gasteiger charge is 2.35. The average molecular weight is 366 g/mol. The maximum absolute atomic E-state index is 13.7. The van der Waals surface area contributed by atoms with Crippen molar-refractivity contribution in [2.24, 2.45) is 0 Å². The van der Waals surface area contributed by atoms with E-state index in [1.54, 1.807) is 0 Å². The lowest BCUT2D eigenvalue weighted by molar-refractivity contribution is -0.138. The van der Waals surface area contributed by atoms with Crippen molar-refractivity contribution in [3.8, 4) is 11.5 Å². The van der Waals surface area contributed by atoms with Crippen LogP contribution >= 0.6 is 11.3 Å². The molecule has 0 saturated carbocycles. The molecule has 1 aromatic heterocycles. The first-order valence-corrected chi connectivity index (χ1v) is 6.96. The molecule has 0 aliphatic heterocycles. The van der Waals surface area contributed by atoms with Crippen molar-refractivity contribution in [2.75, 3.05) is 24.9 Å². The number of carbonyl (C=O) groups excluding carboxylic acids is 1. The molecule has 7 nitrogen and oxygen atoms in total. The highest BCUT2D eigenvalue weighted by molar-refractivity contribution is 7.15. The molecule has 0 spiro atoms. The molecule has 1 heterocycles. The Balaban J connectivity index is 2.12. The minimum atomic E-state index is -4.66. The highest BCUT2D eigenvalue weighted by atomic mass is 32.1. The number of rotatable bonds is 4. The van der Waals surface area contributed by atoms with Crippen molar-refractivity contribution in [3.63, 3.8) is 0 Å². The van der Waals surface area contributed by atoms with Crippen molar-refractivity contribution < 1.29 is 31.8 Å². The van der Waals surface area contributed by atoms with Crippen molar-refractivity contribution >= 4 is 28.2 Å². The number of hydrogen-bond acceptors (Lipinski definition) is 6. The predicted octanol–water partition coefficient (Wildman–Crippen LogP) is 3.36. The van der Waals surface area contributed by atoms with E-state index >= 15 is 0 Å². The maximum atomic E-state index is 13.7. The highest BCUT2D eigenvalue weighted by Crippen LogP contribution is 2.34. The minimum Gasteiger partial charge on any atom is -0.494 e. The van der Waals surface area contributed by atoms with Crippen LogP contribution in [0.3, 0.4) is 0 Å². The number of ether oxygens (including phenoxy) is 2. The third-order valence-corrected chi connectivity index (χ3v) is 3.49. The molecule has 0 bridgehead atoms. The van der Waals surface area contributed by atoms with Gasteiger partial charge in [-0.15, -0.1) is 10.2 Å². The zero-order valence-electron chi connectivity index (χ0n) is 12.2. The Morgan fingerprint density at radius 2 is 1.79 bits per heavy atom. The van der Waals surface area contributed by atoms with E-state index in [0.717, 1.165) is 6.07 Å². The quantitative estimate of drug-likeness (QED) is 0.811. The maximum Gasteiger partial charge on any atom is 0.445 e. The summed E-state index contributed by atoms with van der Waals surface area (Å²) in [7, 11) is 2.54. The predicted molar refractivity (Wildman–Crippen MR) is 77.1 cm³/mol. The van der Waals surface area contributed by atoms with E-state index in [4.69, 9.17) is 9.47 Å². The molecule has 0 atom stereocenters. The van der Waals surface area contributed by atoms with E-state index in [2.05, 4.69) is 20.8 Å². The standard InChI is InChI=1S/C12H10F4N4O3S/c1-22-7-4-8(23-2)6(3-5(7)13)17-10(21)18-11-20-19-9(24-11)12(14,15)16/h3-4H,1-2H3,(H2,17,18,20,21). The molecule has 0 radical (unpaired) electrons. The Hall–Kier alpha value is -2.63. The molecule has 1 aromatic carbocycles. The lowest BCUT2D eigenvalue weighted by atomic mass is 10.2. The number of halogens is 4. The summed E-state index contributed by atoms with van der Waals surface area (Å²) in [6.45, 7) is 0. The first-order valence-electron chi connectivity index (χ1n) is 6.14. The fraction of sp³-hybridized carbons (Fsp3) is 0.250. The molecular formula is C12H10F4N4O3S. The Morgan fingerprint density at radius 3 is 2.33 bits per heavy atom. The summed E-state index contributed by atoms with van der Waals surface area (Å²) in [5.74, 6) is -0.766. The number of nitrogens with one attached hydrogen (secondary N) is 2. The third-order valence-electron chi connectivity index (χ3n) is 2.61. The third kappa shape index (κ3) is 4.01. The largest absolute Gasteiger partial charge is 0.494 e. The SMILES string of the molecule is COc1cc(OC)c(NC(=O)Nc2nnc(C(F)(F)F)s2)cc1F. The Bertz CT molecular complexity index is 750. The monoisotopic (exact) mass is 366 g/mol. The van der Waals surface area contributed by atoms with E-state index in [1.807, 2.05) is 0 Å². The van der Waals surface area contributed by atoms with Crippen LogP contribution in [0.2, 0.25) is 0 Å². The van der Waals surface area contributed by atoms with E-state index in [9.17, 15) is 22.4 Å². The lowest BCUT2D eigenvalue weighted by Crippen LogP contribution is -2.20. The van der Waals surface area contributed by atoms with Gasteiger partial charge in [-0.25, -0.2) is 9.18 Å². The summed E-state index contributed by atoms with van der Waals surface area (Å²) in [4.78, 5) is 11.8. The molecule has 0 aliphatic rings. The van der Waals surface area contributed by atoms with Crippen LogP contribution in [-0.4, -0.2) is 30.4 Å². The van der Waals surface area contributed by atoms with Gasteiger partial charge in [-0.2, -0.15) is 13.2 Å². The topological polar surface area (TPSA) is 85.4 Å². The van der Waals surface area contributed by atoms with E-state index in [1.165, 1.54) is 20.3 Å². The zero-order valence-corrected chi connectivity index (χ0v) is 13.0. The second kappa shape index (κ2) is 6.86. The van der Waals surface area contributed by atoms with Crippen molar-refractivity contribution in [1.29, 1.82) is 0 Å². The molecule has 0 saturated heterocycles. The molecule has 12 heteroatoms. The number of methoxy groups -OCH3 is 2. The molecule has 2 amide bonds. The number of anilines is 2. The van der Waals surface area contributed by atoms with Crippen molar-refractivity contribution in [2.45, 2.75) is 6.18 Å². The van der Waals surface area contributed by atoms with Crippen LogP contribution in [0, 0.1) is 5.82 Å². The first kappa shape index (κ1) is 17.7. The van der Waals surface area contributed by atoms with Crippen molar-refractivity contribution in [3.05, 3.63) is 23.0 Å². The van der Waals surface area contributed by atoms with Gasteiger partial charge in [-0.1, -0.05) is 11.3 Å². The molecular weight excluding hydrogens is 356 g/mol. The number of aromatic nitrogens is 2. The van der Waals surface area contributed by atoms with Gasteiger partial charge in [0.15, 0.2) is 11.6 Å². The van der Waals surface area contributed by atoms with Crippen LogP contribution < -0.4 is 20.1 Å². The van der Waals surface area contributed by atoms with Crippen LogP contribution in [0.25, 0.3) is 0 Å². The molecule has 0 fully saturated rings. The number of carbonyl (C=O) groups is 1. The summed E-state index contributed by atoms with van der Waals surface area (Å²) >= 11 is 0.153. The fourth-order valence-corrected chi connectivity index (χ4v) is 2.20. The zero-order chi connectivity index (χ0) is 17.9. The molecule has 130 valence electrons. The average Bonchev–Trinajstić information content (AvgIpc) is 2.96. The smallest absolute Gasteiger partial charge is 0.445 e. The first-order chi connectivity index (χ1) is 11.2. The number of amides is 2. The van der Waals surface area contributed by atoms with Crippen LogP contribution in [0.15, 0.2) is 12.1 Å². The molecule has 0 aliphatic carbocycles. The van der Waals surface area contributed by atoms with Crippen LogP contribution in [0.1, 0.15) is 5.01 Å². The fourth-order valence-electron chi connectivity index (χ4n) is 1.60. The number of urea groups is 1. The number of benzene rings is 1.